The first kappa shape index (κ1) is 12.1. The Hall–Kier alpha value is -2.38. The second kappa shape index (κ2) is 4.13. The van der Waals surface area contributed by atoms with E-state index in [1.165, 1.54) is 18.2 Å². The Labute approximate surface area is 98.4 Å². The molecular formula is C10H6F3N3O2. The van der Waals surface area contributed by atoms with Gasteiger partial charge < -0.3 is 4.98 Å². The number of nitrogens with zero attached hydrogens (tertiary/aromatic N) is 2. The van der Waals surface area contributed by atoms with E-state index in [-0.39, 0.29) is 17.1 Å². The summed E-state index contributed by atoms with van der Waals surface area (Å²) in [5, 5.41) is 10.5. The number of aromatic amines is 1. The molecule has 2 aromatic rings. The van der Waals surface area contributed by atoms with Crippen molar-refractivity contribution >= 4 is 5.69 Å². The fourth-order valence-electron chi connectivity index (χ4n) is 1.38. The van der Waals surface area contributed by atoms with E-state index >= 15 is 0 Å². The zero-order valence-corrected chi connectivity index (χ0v) is 8.73. The van der Waals surface area contributed by atoms with Crippen LogP contribution in [0, 0.1) is 10.1 Å². The first-order valence-electron chi connectivity index (χ1n) is 4.75. The fourth-order valence-corrected chi connectivity index (χ4v) is 1.38. The molecular weight excluding hydrogens is 251 g/mol. The minimum atomic E-state index is -4.52. The molecule has 2 rings (SSSR count). The summed E-state index contributed by atoms with van der Waals surface area (Å²) in [6.45, 7) is 0. The largest absolute Gasteiger partial charge is 0.432 e. The van der Waals surface area contributed by atoms with Gasteiger partial charge in [-0.2, -0.15) is 13.2 Å². The highest BCUT2D eigenvalue weighted by atomic mass is 19.4. The van der Waals surface area contributed by atoms with Gasteiger partial charge >= 0.3 is 6.18 Å². The van der Waals surface area contributed by atoms with Crippen molar-refractivity contribution in [3.05, 3.63) is 46.3 Å². The molecule has 0 aliphatic heterocycles. The highest BCUT2D eigenvalue weighted by Gasteiger charge is 2.33. The van der Waals surface area contributed by atoms with Gasteiger partial charge in [-0.15, -0.1) is 0 Å². The van der Waals surface area contributed by atoms with E-state index < -0.39 is 16.8 Å². The normalized spacial score (nSPS) is 11.5. The molecule has 5 nitrogen and oxygen atoms in total. The minimum absolute atomic E-state index is 0.0639. The van der Waals surface area contributed by atoms with Crippen molar-refractivity contribution in [2.24, 2.45) is 0 Å². The third-order valence-corrected chi connectivity index (χ3v) is 2.21. The fraction of sp³-hybridized carbons (Fsp3) is 0.100. The van der Waals surface area contributed by atoms with Crippen LogP contribution in [0.25, 0.3) is 11.4 Å². The summed E-state index contributed by atoms with van der Waals surface area (Å²) in [7, 11) is 0. The van der Waals surface area contributed by atoms with Crippen molar-refractivity contribution in [2.75, 3.05) is 0 Å². The average Bonchev–Trinajstić information content (AvgIpc) is 2.78. The number of nitro groups is 1. The molecule has 0 fully saturated rings. The molecule has 0 atom stereocenters. The maximum Gasteiger partial charge on any atom is 0.432 e. The Morgan fingerprint density at radius 1 is 1.33 bits per heavy atom. The van der Waals surface area contributed by atoms with Crippen molar-refractivity contribution in [1.82, 2.24) is 9.97 Å². The number of imidazole rings is 1. The lowest BCUT2D eigenvalue weighted by Gasteiger charge is -2.01. The minimum Gasteiger partial charge on any atom is -0.334 e. The van der Waals surface area contributed by atoms with E-state index in [0.717, 1.165) is 6.07 Å². The molecule has 0 spiro atoms. The van der Waals surface area contributed by atoms with Gasteiger partial charge in [-0.1, -0.05) is 12.1 Å². The number of nitrogens with one attached hydrogen (secondary N) is 1. The lowest BCUT2D eigenvalue weighted by molar-refractivity contribution is -0.384. The maximum absolute atomic E-state index is 12.3. The number of hydrogen-bond donors (Lipinski definition) is 1. The van der Waals surface area contributed by atoms with Crippen molar-refractivity contribution in [1.29, 1.82) is 0 Å². The van der Waals surface area contributed by atoms with Gasteiger partial charge in [0.2, 0.25) is 0 Å². The molecule has 1 N–H and O–H groups in total. The number of benzene rings is 1. The summed E-state index contributed by atoms with van der Waals surface area (Å²) >= 11 is 0. The number of aromatic nitrogens is 2. The molecule has 8 heteroatoms. The number of non-ortho nitro benzene ring substituents is 1. The third-order valence-electron chi connectivity index (χ3n) is 2.21. The second-order valence-corrected chi connectivity index (χ2v) is 3.45. The van der Waals surface area contributed by atoms with E-state index in [9.17, 15) is 23.3 Å². The Bertz CT molecular complexity index is 592. The van der Waals surface area contributed by atoms with E-state index in [2.05, 4.69) is 9.97 Å². The van der Waals surface area contributed by atoms with Crippen LogP contribution in [-0.2, 0) is 6.18 Å². The molecule has 18 heavy (non-hydrogen) atoms. The molecule has 0 aliphatic rings. The summed E-state index contributed by atoms with van der Waals surface area (Å²) in [6, 6.07) is 5.21. The topological polar surface area (TPSA) is 71.8 Å². The molecule has 0 saturated heterocycles. The first-order valence-corrected chi connectivity index (χ1v) is 4.75. The SMILES string of the molecule is O=[N+]([O-])c1cccc(-c2ncc(C(F)(F)F)[nH]2)c1. The summed E-state index contributed by atoms with van der Waals surface area (Å²) in [6.07, 6.45) is -3.87. The Balaban J connectivity index is 2.40. The van der Waals surface area contributed by atoms with Gasteiger partial charge in [0.1, 0.15) is 11.5 Å². The summed E-state index contributed by atoms with van der Waals surface area (Å²) in [5.41, 5.74) is -0.985. The van der Waals surface area contributed by atoms with Gasteiger partial charge in [0.25, 0.3) is 5.69 Å². The predicted molar refractivity (Wildman–Crippen MR) is 55.7 cm³/mol. The van der Waals surface area contributed by atoms with Gasteiger partial charge in [0.05, 0.1) is 11.1 Å². The highest BCUT2D eigenvalue weighted by molar-refractivity contribution is 5.59. The van der Waals surface area contributed by atoms with Gasteiger partial charge in [0, 0.05) is 17.7 Å². The molecule has 94 valence electrons. The molecule has 1 heterocycles. The molecule has 0 radical (unpaired) electrons. The van der Waals surface area contributed by atoms with Crippen molar-refractivity contribution < 1.29 is 18.1 Å². The van der Waals surface area contributed by atoms with Crippen LogP contribution in [-0.4, -0.2) is 14.9 Å². The lowest BCUT2D eigenvalue weighted by Crippen LogP contribution is -2.04. The summed E-state index contributed by atoms with van der Waals surface area (Å²) in [5.74, 6) is -0.0639. The van der Waals surface area contributed by atoms with Crippen LogP contribution in [0.1, 0.15) is 5.69 Å². The van der Waals surface area contributed by atoms with Crippen molar-refractivity contribution in [3.8, 4) is 11.4 Å². The quantitative estimate of drug-likeness (QED) is 0.664. The molecule has 0 bridgehead atoms. The standard InChI is InChI=1S/C10H6F3N3O2/c11-10(12,13)8-5-14-9(15-8)6-2-1-3-7(4-6)16(17)18/h1-5H,(H,14,15). The molecule has 1 aromatic heterocycles. The molecule has 0 unspecified atom stereocenters. The zero-order chi connectivity index (χ0) is 13.3. The van der Waals surface area contributed by atoms with Crippen LogP contribution in [0.2, 0.25) is 0 Å². The number of alkyl halides is 3. The smallest absolute Gasteiger partial charge is 0.334 e. The lowest BCUT2D eigenvalue weighted by atomic mass is 10.2. The number of rotatable bonds is 2. The number of hydrogen-bond acceptors (Lipinski definition) is 3. The van der Waals surface area contributed by atoms with E-state index in [0.29, 0.717) is 6.20 Å². The van der Waals surface area contributed by atoms with Crippen molar-refractivity contribution in [2.45, 2.75) is 6.18 Å². The first-order chi connectivity index (χ1) is 8.38. The van der Waals surface area contributed by atoms with Crippen LogP contribution in [0.3, 0.4) is 0 Å². The van der Waals surface area contributed by atoms with E-state index in [4.69, 9.17) is 0 Å². The maximum atomic E-state index is 12.3. The van der Waals surface area contributed by atoms with E-state index in [1.807, 2.05) is 0 Å². The monoisotopic (exact) mass is 257 g/mol. The molecule has 0 saturated carbocycles. The Kier molecular flexibility index (Phi) is 2.77. The van der Waals surface area contributed by atoms with Crippen LogP contribution in [0.4, 0.5) is 18.9 Å². The number of nitro benzene ring substituents is 1. The van der Waals surface area contributed by atoms with Crippen LogP contribution < -0.4 is 0 Å². The number of H-pyrrole nitrogens is 1. The number of halogens is 3. The highest BCUT2D eigenvalue weighted by Crippen LogP contribution is 2.30. The Morgan fingerprint density at radius 2 is 2.06 bits per heavy atom. The predicted octanol–water partition coefficient (Wildman–Crippen LogP) is 3.00. The van der Waals surface area contributed by atoms with E-state index in [1.54, 1.807) is 0 Å². The molecule has 0 amide bonds. The molecule has 1 aromatic carbocycles. The third kappa shape index (κ3) is 2.31. The van der Waals surface area contributed by atoms with Gasteiger partial charge in [-0.3, -0.25) is 10.1 Å². The second-order valence-electron chi connectivity index (χ2n) is 3.45. The summed E-state index contributed by atoms with van der Waals surface area (Å²) < 4.78 is 37.0. The van der Waals surface area contributed by atoms with Crippen LogP contribution >= 0.6 is 0 Å². The van der Waals surface area contributed by atoms with Gasteiger partial charge in [-0.25, -0.2) is 4.98 Å². The van der Waals surface area contributed by atoms with Crippen LogP contribution in [0.5, 0.6) is 0 Å². The van der Waals surface area contributed by atoms with Crippen LogP contribution in [0.15, 0.2) is 30.5 Å². The average molecular weight is 257 g/mol. The Morgan fingerprint density at radius 3 is 2.61 bits per heavy atom. The van der Waals surface area contributed by atoms with Gasteiger partial charge in [-0.05, 0) is 0 Å². The molecule has 0 aliphatic carbocycles. The summed E-state index contributed by atoms with van der Waals surface area (Å²) in [4.78, 5) is 15.5. The van der Waals surface area contributed by atoms with Crippen molar-refractivity contribution in [3.63, 3.8) is 0 Å². The van der Waals surface area contributed by atoms with Gasteiger partial charge in [0.15, 0.2) is 0 Å². The zero-order valence-electron chi connectivity index (χ0n) is 8.73.